The van der Waals surface area contributed by atoms with Gasteiger partial charge in [0.1, 0.15) is 5.94 Å². The molecule has 2 nitrogen and oxygen atoms in total. The summed E-state index contributed by atoms with van der Waals surface area (Å²) in [6.45, 7) is 0. The number of hydrogen-bond donors (Lipinski definition) is 0. The van der Waals surface area contributed by atoms with Gasteiger partial charge >= 0.3 is 0 Å². The minimum Gasteiger partial charge on any atom is -0.285 e. The molecule has 0 unspecified atom stereocenters. The van der Waals surface area contributed by atoms with E-state index in [2.05, 4.69) is 0 Å². The zero-order chi connectivity index (χ0) is 6.69. The first-order valence-electron chi connectivity index (χ1n) is 2.40. The Morgan fingerprint density at radius 1 is 1.33 bits per heavy atom. The highest BCUT2D eigenvalue weighted by atomic mass is 16.1. The van der Waals surface area contributed by atoms with E-state index in [0.717, 1.165) is 0 Å². The third kappa shape index (κ3) is 0.880. The van der Waals surface area contributed by atoms with Crippen molar-refractivity contribution in [2.75, 3.05) is 0 Å². The summed E-state index contributed by atoms with van der Waals surface area (Å²) in [5.41, 5.74) is 0.565. The minimum atomic E-state index is 0.282. The van der Waals surface area contributed by atoms with Gasteiger partial charge in [0.15, 0.2) is 0 Å². The Hall–Kier alpha value is -1.40. The number of carbonyl (C=O) groups excluding carboxylic acids is 2. The second kappa shape index (κ2) is 2.25. The largest absolute Gasteiger partial charge is 0.285 e. The van der Waals surface area contributed by atoms with Gasteiger partial charge in [0.25, 0.3) is 0 Å². The second-order valence-electron chi connectivity index (χ2n) is 1.56. The predicted molar refractivity (Wildman–Crippen MR) is 32.1 cm³/mol. The summed E-state index contributed by atoms with van der Waals surface area (Å²) in [6, 6.07) is 0. The maximum atomic E-state index is 9.94. The van der Waals surface area contributed by atoms with Crippen LogP contribution in [0.3, 0.4) is 0 Å². The van der Waals surface area contributed by atoms with Crippen molar-refractivity contribution in [1.29, 1.82) is 0 Å². The monoisotopic (exact) mass is 119 g/mol. The summed E-state index contributed by atoms with van der Waals surface area (Å²) < 4.78 is 0. The average Bonchev–Trinajstić information content (AvgIpc) is 2.33. The molecule has 0 heterocycles. The Balaban J connectivity index is 3.04. The molecule has 0 fully saturated rings. The maximum absolute atomic E-state index is 9.94. The molecule has 0 aliphatic heterocycles. The SMILES string of the molecule is O=[C]C1=CC=CC1=C=O. The summed E-state index contributed by atoms with van der Waals surface area (Å²) in [7, 11) is 0. The molecular formula is C7H3O2. The van der Waals surface area contributed by atoms with Crippen molar-refractivity contribution in [2.24, 2.45) is 0 Å². The standard InChI is InChI=1S/C7H3O2/c8-4-6-2-1-3-7(6)5-9/h1-3H. The molecule has 0 atom stereocenters. The summed E-state index contributed by atoms with van der Waals surface area (Å²) in [6.07, 6.45) is 6.27. The van der Waals surface area contributed by atoms with Gasteiger partial charge in [0.05, 0.1) is 5.57 Å². The van der Waals surface area contributed by atoms with Crippen molar-refractivity contribution >= 4 is 12.2 Å². The van der Waals surface area contributed by atoms with Crippen LogP contribution in [0.5, 0.6) is 0 Å². The highest BCUT2D eigenvalue weighted by Crippen LogP contribution is 2.11. The molecule has 9 heavy (non-hydrogen) atoms. The molecule has 0 aromatic heterocycles. The molecular weight excluding hydrogens is 116 g/mol. The van der Waals surface area contributed by atoms with E-state index in [1.54, 1.807) is 18.3 Å². The Kier molecular flexibility index (Phi) is 1.43. The first kappa shape index (κ1) is 5.73. The van der Waals surface area contributed by atoms with Gasteiger partial charge < -0.3 is 0 Å². The average molecular weight is 119 g/mol. The molecule has 1 radical (unpaired) electrons. The fourth-order valence-electron chi connectivity index (χ4n) is 0.598. The molecule has 0 amide bonds. The fourth-order valence-corrected chi connectivity index (χ4v) is 0.598. The normalized spacial score (nSPS) is 15.1. The third-order valence-corrected chi connectivity index (χ3v) is 1.04. The van der Waals surface area contributed by atoms with E-state index >= 15 is 0 Å². The number of hydrogen-bond acceptors (Lipinski definition) is 2. The van der Waals surface area contributed by atoms with E-state index < -0.39 is 0 Å². The maximum Gasteiger partial charge on any atom is 0.234 e. The van der Waals surface area contributed by atoms with Gasteiger partial charge in [-0.2, -0.15) is 0 Å². The fraction of sp³-hybridized carbons (Fsp3) is 0. The van der Waals surface area contributed by atoms with Gasteiger partial charge in [-0.15, -0.1) is 0 Å². The molecule has 0 saturated heterocycles. The first-order valence-corrected chi connectivity index (χ1v) is 2.40. The van der Waals surface area contributed by atoms with Crippen LogP contribution in [0.15, 0.2) is 29.4 Å². The van der Waals surface area contributed by atoms with E-state index in [-0.39, 0.29) is 11.1 Å². The smallest absolute Gasteiger partial charge is 0.234 e. The molecule has 0 aromatic rings. The van der Waals surface area contributed by atoms with Crippen LogP contribution in [-0.2, 0) is 9.59 Å². The molecule has 0 aromatic carbocycles. The van der Waals surface area contributed by atoms with Gasteiger partial charge in [-0.3, -0.25) is 4.79 Å². The summed E-state index contributed by atoms with van der Waals surface area (Å²) in [5.74, 6) is 1.61. The second-order valence-corrected chi connectivity index (χ2v) is 1.56. The van der Waals surface area contributed by atoms with E-state index in [0.29, 0.717) is 0 Å². The lowest BCUT2D eigenvalue weighted by atomic mass is 10.2. The quantitative estimate of drug-likeness (QED) is 0.467. The van der Waals surface area contributed by atoms with Gasteiger partial charge in [-0.05, 0) is 12.2 Å². The van der Waals surface area contributed by atoms with Crippen molar-refractivity contribution in [3.05, 3.63) is 29.4 Å². The van der Waals surface area contributed by atoms with Crippen LogP contribution in [0.25, 0.3) is 0 Å². The van der Waals surface area contributed by atoms with Crippen molar-refractivity contribution in [3.63, 3.8) is 0 Å². The van der Waals surface area contributed by atoms with Crippen LogP contribution >= 0.6 is 0 Å². The van der Waals surface area contributed by atoms with Gasteiger partial charge in [-0.25, -0.2) is 4.79 Å². The van der Waals surface area contributed by atoms with Crippen LogP contribution in [0, 0.1) is 0 Å². The molecule has 0 bridgehead atoms. The summed E-state index contributed by atoms with van der Waals surface area (Å²) in [5, 5.41) is 0. The van der Waals surface area contributed by atoms with Crippen LogP contribution in [0.4, 0.5) is 0 Å². The van der Waals surface area contributed by atoms with E-state index in [1.807, 2.05) is 0 Å². The number of rotatable bonds is 1. The molecule has 1 rings (SSSR count). The molecule has 43 valence electrons. The van der Waals surface area contributed by atoms with E-state index in [9.17, 15) is 9.59 Å². The van der Waals surface area contributed by atoms with E-state index in [4.69, 9.17) is 0 Å². The van der Waals surface area contributed by atoms with E-state index in [1.165, 1.54) is 12.2 Å². The third-order valence-electron chi connectivity index (χ3n) is 1.04. The summed E-state index contributed by atoms with van der Waals surface area (Å²) in [4.78, 5) is 19.9. The lowest BCUT2D eigenvalue weighted by Gasteiger charge is -1.81. The highest BCUT2D eigenvalue weighted by molar-refractivity contribution is 5.90. The molecule has 2 heteroatoms. The molecule has 0 N–H and O–H groups in total. The summed E-state index contributed by atoms with van der Waals surface area (Å²) >= 11 is 0. The Morgan fingerprint density at radius 3 is 2.56 bits per heavy atom. The molecule has 1 aliphatic rings. The van der Waals surface area contributed by atoms with Gasteiger partial charge in [0, 0.05) is 5.57 Å². The topological polar surface area (TPSA) is 34.1 Å². The lowest BCUT2D eigenvalue weighted by Crippen LogP contribution is -1.82. The number of allylic oxidation sites excluding steroid dienone is 5. The molecule has 0 saturated carbocycles. The molecule has 1 aliphatic carbocycles. The van der Waals surface area contributed by atoms with Gasteiger partial charge in [0.2, 0.25) is 6.29 Å². The van der Waals surface area contributed by atoms with Gasteiger partial charge in [-0.1, -0.05) is 6.08 Å². The zero-order valence-electron chi connectivity index (χ0n) is 4.55. The minimum absolute atomic E-state index is 0.282. The van der Waals surface area contributed by atoms with Crippen LogP contribution in [0.2, 0.25) is 0 Å². The first-order chi connectivity index (χ1) is 4.38. The Morgan fingerprint density at radius 2 is 2.11 bits per heavy atom. The molecule has 0 spiro atoms. The Bertz CT molecular complexity index is 240. The van der Waals surface area contributed by atoms with Crippen molar-refractivity contribution in [2.45, 2.75) is 0 Å². The predicted octanol–water partition coefficient (Wildman–Crippen LogP) is 0.350. The van der Waals surface area contributed by atoms with Crippen LogP contribution in [0.1, 0.15) is 0 Å². The van der Waals surface area contributed by atoms with Crippen LogP contribution < -0.4 is 0 Å². The van der Waals surface area contributed by atoms with Crippen LogP contribution in [-0.4, -0.2) is 12.2 Å². The van der Waals surface area contributed by atoms with Crippen molar-refractivity contribution < 1.29 is 9.59 Å². The van der Waals surface area contributed by atoms with Crippen molar-refractivity contribution in [3.8, 4) is 0 Å². The lowest BCUT2D eigenvalue weighted by molar-refractivity contribution is 0.560. The highest BCUT2D eigenvalue weighted by Gasteiger charge is 2.05. The van der Waals surface area contributed by atoms with Crippen molar-refractivity contribution in [1.82, 2.24) is 0 Å². The Labute approximate surface area is 52.2 Å². The zero-order valence-corrected chi connectivity index (χ0v) is 4.55.